The molecule has 2 rings (SSSR count). The molecule has 0 aliphatic heterocycles. The summed E-state index contributed by atoms with van der Waals surface area (Å²) in [5.74, 6) is 1.13. The Morgan fingerprint density at radius 1 is 1.17 bits per heavy atom. The van der Waals surface area contributed by atoms with Crippen LogP contribution in [-0.2, 0) is 6.54 Å². The van der Waals surface area contributed by atoms with Crippen LogP contribution in [0.4, 0.5) is 5.69 Å². The molecule has 0 fully saturated rings. The summed E-state index contributed by atoms with van der Waals surface area (Å²) in [7, 11) is 1.66. The van der Waals surface area contributed by atoms with Gasteiger partial charge in [-0.2, -0.15) is 0 Å². The van der Waals surface area contributed by atoms with Gasteiger partial charge in [0.15, 0.2) is 0 Å². The second kappa shape index (κ2) is 5.45. The number of anilines is 1. The van der Waals surface area contributed by atoms with Crippen LogP contribution < -0.4 is 10.1 Å². The summed E-state index contributed by atoms with van der Waals surface area (Å²) in [6.45, 7) is 2.69. The van der Waals surface area contributed by atoms with Gasteiger partial charge in [-0.1, -0.05) is 18.2 Å². The van der Waals surface area contributed by atoms with Gasteiger partial charge in [0, 0.05) is 6.54 Å². The predicted octanol–water partition coefficient (Wildman–Crippen LogP) is 3.32. The lowest BCUT2D eigenvalue weighted by molar-refractivity contribution is 0.416. The van der Waals surface area contributed by atoms with Gasteiger partial charge >= 0.3 is 0 Å². The van der Waals surface area contributed by atoms with Crippen LogP contribution in [0.5, 0.6) is 11.5 Å². The highest BCUT2D eigenvalue weighted by Gasteiger charge is 2.03. The molecule has 0 aromatic heterocycles. The first-order valence-corrected chi connectivity index (χ1v) is 5.86. The average Bonchev–Trinajstić information content (AvgIpc) is 2.38. The van der Waals surface area contributed by atoms with Crippen molar-refractivity contribution in [3.05, 3.63) is 53.6 Å². The lowest BCUT2D eigenvalue weighted by Gasteiger charge is -2.12. The molecule has 0 atom stereocenters. The van der Waals surface area contributed by atoms with E-state index in [0.717, 1.165) is 22.6 Å². The fraction of sp³-hybridized carbons (Fsp3) is 0.200. The molecule has 0 saturated heterocycles. The molecule has 0 aliphatic rings. The van der Waals surface area contributed by atoms with Gasteiger partial charge in [-0.05, 0) is 42.3 Å². The molecule has 0 radical (unpaired) electrons. The van der Waals surface area contributed by atoms with Crippen LogP contribution in [0.15, 0.2) is 42.5 Å². The minimum atomic E-state index is 0.300. The Kier molecular flexibility index (Phi) is 3.72. The van der Waals surface area contributed by atoms with Crippen molar-refractivity contribution in [3.63, 3.8) is 0 Å². The summed E-state index contributed by atoms with van der Waals surface area (Å²) in [5.41, 5.74) is 3.18. The van der Waals surface area contributed by atoms with E-state index in [2.05, 4.69) is 5.32 Å². The van der Waals surface area contributed by atoms with Crippen molar-refractivity contribution in [2.45, 2.75) is 13.5 Å². The van der Waals surface area contributed by atoms with Gasteiger partial charge in [-0.25, -0.2) is 0 Å². The number of hydrogen-bond acceptors (Lipinski definition) is 3. The normalized spacial score (nSPS) is 10.1. The number of benzene rings is 2. The van der Waals surface area contributed by atoms with Gasteiger partial charge in [-0.3, -0.25) is 0 Å². The number of aromatic hydroxyl groups is 1. The lowest BCUT2D eigenvalue weighted by Crippen LogP contribution is -2.02. The Morgan fingerprint density at radius 3 is 2.67 bits per heavy atom. The summed E-state index contributed by atoms with van der Waals surface area (Å²) in [4.78, 5) is 0. The van der Waals surface area contributed by atoms with E-state index in [1.807, 2.05) is 37.3 Å². The molecular weight excluding hydrogens is 226 g/mol. The number of phenols is 1. The maximum atomic E-state index is 9.36. The maximum absolute atomic E-state index is 9.36. The molecular formula is C15H17NO2. The van der Waals surface area contributed by atoms with Crippen molar-refractivity contribution in [2.24, 2.45) is 0 Å². The standard InChI is InChI=1S/C15H17NO2/c1-11-9-13(17)8-7-12(11)10-16-14-5-3-4-6-15(14)18-2/h3-9,16-17H,10H2,1-2H3. The molecule has 2 aromatic carbocycles. The van der Waals surface area contributed by atoms with Crippen molar-refractivity contribution < 1.29 is 9.84 Å². The lowest BCUT2D eigenvalue weighted by atomic mass is 10.1. The first kappa shape index (κ1) is 12.3. The molecule has 0 spiro atoms. The predicted molar refractivity (Wildman–Crippen MR) is 73.2 cm³/mol. The third-order valence-electron chi connectivity index (χ3n) is 2.90. The molecule has 0 saturated carbocycles. The van der Waals surface area contributed by atoms with E-state index in [1.54, 1.807) is 19.2 Å². The number of aryl methyl sites for hydroxylation is 1. The number of ether oxygens (including phenoxy) is 1. The Hall–Kier alpha value is -2.16. The van der Waals surface area contributed by atoms with Gasteiger partial charge in [0.2, 0.25) is 0 Å². The molecule has 3 nitrogen and oxygen atoms in total. The van der Waals surface area contributed by atoms with E-state index < -0.39 is 0 Å². The second-order valence-corrected chi connectivity index (χ2v) is 4.16. The molecule has 0 bridgehead atoms. The molecule has 3 heteroatoms. The molecule has 0 unspecified atom stereocenters. The van der Waals surface area contributed by atoms with E-state index in [-0.39, 0.29) is 0 Å². The molecule has 2 N–H and O–H groups in total. The largest absolute Gasteiger partial charge is 0.508 e. The Morgan fingerprint density at radius 2 is 1.94 bits per heavy atom. The minimum absolute atomic E-state index is 0.300. The third kappa shape index (κ3) is 2.74. The van der Waals surface area contributed by atoms with Gasteiger partial charge in [0.25, 0.3) is 0 Å². The van der Waals surface area contributed by atoms with Crippen LogP contribution in [0.25, 0.3) is 0 Å². The van der Waals surface area contributed by atoms with Crippen LogP contribution >= 0.6 is 0 Å². The summed E-state index contributed by atoms with van der Waals surface area (Å²) >= 11 is 0. The third-order valence-corrected chi connectivity index (χ3v) is 2.90. The minimum Gasteiger partial charge on any atom is -0.508 e. The average molecular weight is 243 g/mol. The van der Waals surface area contributed by atoms with Gasteiger partial charge < -0.3 is 15.2 Å². The number of phenolic OH excluding ortho intramolecular Hbond substituents is 1. The van der Waals surface area contributed by atoms with E-state index in [1.165, 1.54) is 0 Å². The Labute approximate surface area is 107 Å². The zero-order valence-electron chi connectivity index (χ0n) is 10.6. The molecule has 0 aliphatic carbocycles. The van der Waals surface area contributed by atoms with Crippen molar-refractivity contribution in [1.82, 2.24) is 0 Å². The highest BCUT2D eigenvalue weighted by Crippen LogP contribution is 2.24. The highest BCUT2D eigenvalue weighted by molar-refractivity contribution is 5.56. The summed E-state index contributed by atoms with van der Waals surface area (Å²) in [6, 6.07) is 13.2. The monoisotopic (exact) mass is 243 g/mol. The van der Waals surface area contributed by atoms with Gasteiger partial charge in [0.1, 0.15) is 11.5 Å². The van der Waals surface area contributed by atoms with Gasteiger partial charge in [-0.15, -0.1) is 0 Å². The number of nitrogens with one attached hydrogen (secondary N) is 1. The van der Waals surface area contributed by atoms with Crippen LogP contribution in [0, 0.1) is 6.92 Å². The van der Waals surface area contributed by atoms with E-state index in [9.17, 15) is 5.11 Å². The number of rotatable bonds is 4. The Bertz CT molecular complexity index is 538. The van der Waals surface area contributed by atoms with E-state index >= 15 is 0 Å². The Balaban J connectivity index is 2.11. The molecule has 18 heavy (non-hydrogen) atoms. The van der Waals surface area contributed by atoms with Crippen molar-refractivity contribution >= 4 is 5.69 Å². The smallest absolute Gasteiger partial charge is 0.141 e. The van der Waals surface area contributed by atoms with E-state index in [4.69, 9.17) is 4.74 Å². The molecule has 94 valence electrons. The van der Waals surface area contributed by atoms with Crippen molar-refractivity contribution in [2.75, 3.05) is 12.4 Å². The topological polar surface area (TPSA) is 41.5 Å². The van der Waals surface area contributed by atoms with E-state index in [0.29, 0.717) is 12.3 Å². The summed E-state index contributed by atoms with van der Waals surface area (Å²) in [5, 5.41) is 12.7. The molecule has 0 amide bonds. The first-order chi connectivity index (χ1) is 8.70. The van der Waals surface area contributed by atoms with Crippen LogP contribution in [-0.4, -0.2) is 12.2 Å². The first-order valence-electron chi connectivity index (χ1n) is 5.86. The molecule has 0 heterocycles. The summed E-state index contributed by atoms with van der Waals surface area (Å²) in [6.07, 6.45) is 0. The SMILES string of the molecule is COc1ccccc1NCc1ccc(O)cc1C. The highest BCUT2D eigenvalue weighted by atomic mass is 16.5. The van der Waals surface area contributed by atoms with Crippen molar-refractivity contribution in [3.8, 4) is 11.5 Å². The zero-order chi connectivity index (χ0) is 13.0. The maximum Gasteiger partial charge on any atom is 0.141 e. The fourth-order valence-electron chi connectivity index (χ4n) is 1.86. The summed E-state index contributed by atoms with van der Waals surface area (Å²) < 4.78 is 5.28. The van der Waals surface area contributed by atoms with Crippen LogP contribution in [0.1, 0.15) is 11.1 Å². The zero-order valence-corrected chi connectivity index (χ0v) is 10.6. The molecule has 2 aromatic rings. The number of hydrogen-bond donors (Lipinski definition) is 2. The van der Waals surface area contributed by atoms with Crippen LogP contribution in [0.3, 0.4) is 0 Å². The van der Waals surface area contributed by atoms with Crippen LogP contribution in [0.2, 0.25) is 0 Å². The number of methoxy groups -OCH3 is 1. The van der Waals surface area contributed by atoms with Crippen molar-refractivity contribution in [1.29, 1.82) is 0 Å². The van der Waals surface area contributed by atoms with Gasteiger partial charge in [0.05, 0.1) is 12.8 Å². The fourth-order valence-corrected chi connectivity index (χ4v) is 1.86. The second-order valence-electron chi connectivity index (χ2n) is 4.16. The number of para-hydroxylation sites is 2. The quantitative estimate of drug-likeness (QED) is 0.865.